The van der Waals surface area contributed by atoms with E-state index in [9.17, 15) is 4.79 Å². The number of benzene rings is 1. The van der Waals surface area contributed by atoms with E-state index in [1.807, 2.05) is 39.1 Å². The van der Waals surface area contributed by atoms with E-state index in [1.165, 1.54) is 0 Å². The number of nitrogens with zero attached hydrogens (tertiary/aromatic N) is 4. The van der Waals surface area contributed by atoms with Crippen LogP contribution in [0.5, 0.6) is 0 Å². The van der Waals surface area contributed by atoms with Crippen molar-refractivity contribution in [1.82, 2.24) is 19.2 Å². The Bertz CT molecular complexity index is 809. The van der Waals surface area contributed by atoms with Crippen molar-refractivity contribution in [2.45, 2.75) is 20.8 Å². The second-order valence-corrected chi connectivity index (χ2v) is 4.76. The first-order valence-corrected chi connectivity index (χ1v) is 6.08. The molecule has 19 heavy (non-hydrogen) atoms. The van der Waals surface area contributed by atoms with E-state index in [1.54, 1.807) is 15.2 Å². The lowest BCUT2D eigenvalue weighted by molar-refractivity contribution is 0.934. The molecule has 2 heterocycles. The molecular weight excluding hydrogens is 240 g/mol. The lowest BCUT2D eigenvalue weighted by Gasteiger charge is -2.08. The minimum absolute atomic E-state index is 0.159. The predicted molar refractivity (Wildman–Crippen MR) is 72.8 cm³/mol. The summed E-state index contributed by atoms with van der Waals surface area (Å²) in [6.07, 6.45) is 3.56. The van der Waals surface area contributed by atoms with Gasteiger partial charge in [-0.05, 0) is 44.0 Å². The SMILES string of the molecule is Cc1cc(C)cc(-n2ccn3c(C)nnc3c2=O)c1. The fraction of sp³-hybridized carbons (Fsp3) is 0.214. The number of aromatic nitrogens is 4. The largest absolute Gasteiger partial charge is 0.300 e. The second kappa shape index (κ2) is 4.05. The van der Waals surface area contributed by atoms with Crippen LogP contribution in [-0.4, -0.2) is 19.2 Å². The van der Waals surface area contributed by atoms with Gasteiger partial charge in [0.05, 0.1) is 0 Å². The fourth-order valence-corrected chi connectivity index (χ4v) is 2.30. The molecule has 0 amide bonds. The molecule has 0 aliphatic rings. The molecule has 0 spiro atoms. The number of rotatable bonds is 1. The van der Waals surface area contributed by atoms with Gasteiger partial charge in [0, 0.05) is 18.1 Å². The minimum atomic E-state index is -0.159. The average Bonchev–Trinajstić information content (AvgIpc) is 2.71. The highest BCUT2D eigenvalue weighted by molar-refractivity contribution is 5.43. The van der Waals surface area contributed by atoms with E-state index in [4.69, 9.17) is 0 Å². The Labute approximate surface area is 110 Å². The Hall–Kier alpha value is -2.43. The van der Waals surface area contributed by atoms with Crippen LogP contribution in [0, 0.1) is 20.8 Å². The number of hydrogen-bond donors (Lipinski definition) is 0. The predicted octanol–water partition coefficient (Wildman–Crippen LogP) is 1.81. The van der Waals surface area contributed by atoms with Gasteiger partial charge in [-0.2, -0.15) is 0 Å². The Kier molecular flexibility index (Phi) is 2.48. The molecule has 0 radical (unpaired) electrons. The topological polar surface area (TPSA) is 52.2 Å². The van der Waals surface area contributed by atoms with E-state index in [0.29, 0.717) is 11.5 Å². The van der Waals surface area contributed by atoms with Gasteiger partial charge < -0.3 is 0 Å². The summed E-state index contributed by atoms with van der Waals surface area (Å²) in [5, 5.41) is 7.85. The molecule has 0 aliphatic carbocycles. The zero-order valence-electron chi connectivity index (χ0n) is 11.1. The Morgan fingerprint density at radius 3 is 2.32 bits per heavy atom. The molecule has 3 rings (SSSR count). The number of fused-ring (bicyclic) bond motifs is 1. The van der Waals surface area contributed by atoms with Crippen molar-refractivity contribution in [3.8, 4) is 5.69 Å². The Balaban J connectivity index is 2.31. The van der Waals surface area contributed by atoms with Crippen molar-refractivity contribution in [2.24, 2.45) is 0 Å². The third kappa shape index (κ3) is 1.83. The van der Waals surface area contributed by atoms with Gasteiger partial charge in [-0.15, -0.1) is 10.2 Å². The molecule has 0 saturated heterocycles. The van der Waals surface area contributed by atoms with Crippen LogP contribution in [0.2, 0.25) is 0 Å². The summed E-state index contributed by atoms with van der Waals surface area (Å²) in [7, 11) is 0. The van der Waals surface area contributed by atoms with Crippen LogP contribution < -0.4 is 5.56 Å². The molecular formula is C14H14N4O. The van der Waals surface area contributed by atoms with E-state index in [0.717, 1.165) is 16.8 Å². The van der Waals surface area contributed by atoms with Crippen molar-refractivity contribution in [3.05, 3.63) is 57.9 Å². The van der Waals surface area contributed by atoms with Crippen LogP contribution in [0.4, 0.5) is 0 Å². The maximum atomic E-state index is 12.4. The van der Waals surface area contributed by atoms with Crippen molar-refractivity contribution in [1.29, 1.82) is 0 Å². The molecule has 2 aromatic heterocycles. The van der Waals surface area contributed by atoms with Gasteiger partial charge in [0.15, 0.2) is 0 Å². The van der Waals surface area contributed by atoms with Gasteiger partial charge in [-0.25, -0.2) is 0 Å². The second-order valence-electron chi connectivity index (χ2n) is 4.76. The van der Waals surface area contributed by atoms with E-state index in [-0.39, 0.29) is 5.56 Å². The first-order chi connectivity index (χ1) is 9.06. The van der Waals surface area contributed by atoms with Gasteiger partial charge in [-0.3, -0.25) is 13.8 Å². The zero-order chi connectivity index (χ0) is 13.6. The first kappa shape index (κ1) is 11.6. The van der Waals surface area contributed by atoms with Crippen LogP contribution in [-0.2, 0) is 0 Å². The molecule has 0 N–H and O–H groups in total. The molecule has 0 saturated carbocycles. The summed E-state index contributed by atoms with van der Waals surface area (Å²) < 4.78 is 3.30. The molecule has 0 atom stereocenters. The Morgan fingerprint density at radius 1 is 0.947 bits per heavy atom. The highest BCUT2D eigenvalue weighted by atomic mass is 16.1. The lowest BCUT2D eigenvalue weighted by atomic mass is 10.1. The summed E-state index contributed by atoms with van der Waals surface area (Å²) in [6, 6.07) is 6.04. The zero-order valence-corrected chi connectivity index (χ0v) is 11.1. The van der Waals surface area contributed by atoms with Crippen molar-refractivity contribution in [2.75, 3.05) is 0 Å². The summed E-state index contributed by atoms with van der Waals surface area (Å²) in [5.41, 5.74) is 3.29. The normalized spacial score (nSPS) is 11.1. The van der Waals surface area contributed by atoms with Crippen molar-refractivity contribution < 1.29 is 0 Å². The van der Waals surface area contributed by atoms with Gasteiger partial charge in [-0.1, -0.05) is 6.07 Å². The smallest absolute Gasteiger partial charge is 0.281 e. The third-order valence-electron chi connectivity index (χ3n) is 3.13. The minimum Gasteiger partial charge on any atom is -0.281 e. The summed E-state index contributed by atoms with van der Waals surface area (Å²) in [6.45, 7) is 5.85. The van der Waals surface area contributed by atoms with Crippen LogP contribution >= 0.6 is 0 Å². The van der Waals surface area contributed by atoms with Crippen LogP contribution in [0.25, 0.3) is 11.3 Å². The highest BCUT2D eigenvalue weighted by Gasteiger charge is 2.09. The summed E-state index contributed by atoms with van der Waals surface area (Å²) >= 11 is 0. The van der Waals surface area contributed by atoms with Gasteiger partial charge in [0.2, 0.25) is 5.65 Å². The maximum absolute atomic E-state index is 12.4. The molecule has 0 unspecified atom stereocenters. The molecule has 1 aromatic carbocycles. The molecule has 96 valence electrons. The van der Waals surface area contributed by atoms with Gasteiger partial charge >= 0.3 is 5.56 Å². The van der Waals surface area contributed by atoms with Gasteiger partial charge in [0.25, 0.3) is 0 Å². The van der Waals surface area contributed by atoms with Gasteiger partial charge in [0.1, 0.15) is 5.82 Å². The van der Waals surface area contributed by atoms with E-state index in [2.05, 4.69) is 16.3 Å². The molecule has 3 aromatic rings. The maximum Gasteiger partial charge on any atom is 0.300 e. The van der Waals surface area contributed by atoms with Crippen LogP contribution in [0.15, 0.2) is 35.4 Å². The number of aryl methyl sites for hydroxylation is 3. The third-order valence-corrected chi connectivity index (χ3v) is 3.13. The lowest BCUT2D eigenvalue weighted by Crippen LogP contribution is -2.20. The van der Waals surface area contributed by atoms with Crippen molar-refractivity contribution in [3.63, 3.8) is 0 Å². The fourth-order valence-electron chi connectivity index (χ4n) is 2.30. The summed E-state index contributed by atoms with van der Waals surface area (Å²) in [4.78, 5) is 12.4. The van der Waals surface area contributed by atoms with E-state index >= 15 is 0 Å². The molecule has 5 nitrogen and oxygen atoms in total. The van der Waals surface area contributed by atoms with Crippen LogP contribution in [0.1, 0.15) is 17.0 Å². The quantitative estimate of drug-likeness (QED) is 0.665. The Morgan fingerprint density at radius 2 is 1.63 bits per heavy atom. The first-order valence-electron chi connectivity index (χ1n) is 6.08. The van der Waals surface area contributed by atoms with Crippen molar-refractivity contribution >= 4 is 5.65 Å². The molecule has 5 heteroatoms. The van der Waals surface area contributed by atoms with Crippen LogP contribution in [0.3, 0.4) is 0 Å². The molecule has 0 bridgehead atoms. The average molecular weight is 254 g/mol. The van der Waals surface area contributed by atoms with E-state index < -0.39 is 0 Å². The summed E-state index contributed by atoms with van der Waals surface area (Å²) in [5.74, 6) is 0.708. The highest BCUT2D eigenvalue weighted by Crippen LogP contribution is 2.12. The monoisotopic (exact) mass is 254 g/mol. The number of hydrogen-bond acceptors (Lipinski definition) is 3. The molecule has 0 aliphatic heterocycles. The standard InChI is InChI=1S/C14H14N4O/c1-9-6-10(2)8-12(7-9)18-5-4-17-11(3)15-16-13(17)14(18)19/h4-8H,1-3H3. The molecule has 0 fully saturated rings.